The Kier molecular flexibility index (Phi) is 8.52. The van der Waals surface area contributed by atoms with Gasteiger partial charge in [-0.05, 0) is 16.9 Å². The standard InChI is InChI=1S/C29H32O5S/c1-2-35-29-27(31-19-22-14-8-4-9-15-22)26(30-18-21-12-6-3-7-13-21)25-24(33-29)20-32-28(34-25)23-16-10-5-11-17-23/h3-17,24-29H,2,18-20H2,1H3/t24-,25-,26+,27-,28-,29+/m1/s1. The predicted octanol–water partition coefficient (Wildman–Crippen LogP) is 5.75. The maximum absolute atomic E-state index is 6.60. The van der Waals surface area contributed by atoms with Crippen molar-refractivity contribution in [2.75, 3.05) is 12.4 Å². The molecule has 2 saturated heterocycles. The van der Waals surface area contributed by atoms with Gasteiger partial charge in [0.15, 0.2) is 6.29 Å². The summed E-state index contributed by atoms with van der Waals surface area (Å²) >= 11 is 1.74. The SMILES string of the molecule is CCS[C@@H]1O[C@@H]2CO[C@@H](c3ccccc3)O[C@H]2[C@H](OCc2ccccc2)[C@H]1OCc1ccccc1. The van der Waals surface area contributed by atoms with E-state index in [-0.39, 0.29) is 29.9 Å². The summed E-state index contributed by atoms with van der Waals surface area (Å²) in [6, 6.07) is 30.5. The van der Waals surface area contributed by atoms with E-state index in [1.807, 2.05) is 66.7 Å². The van der Waals surface area contributed by atoms with Gasteiger partial charge >= 0.3 is 0 Å². The van der Waals surface area contributed by atoms with E-state index in [0.29, 0.717) is 19.8 Å². The normalized spacial score (nSPS) is 28.4. The Morgan fingerprint density at radius 1 is 0.743 bits per heavy atom. The minimum absolute atomic E-state index is 0.175. The molecule has 184 valence electrons. The van der Waals surface area contributed by atoms with Crippen LogP contribution in [0.25, 0.3) is 0 Å². The fourth-order valence-corrected chi connectivity index (χ4v) is 5.50. The van der Waals surface area contributed by atoms with E-state index in [2.05, 4.69) is 31.2 Å². The lowest BCUT2D eigenvalue weighted by molar-refractivity contribution is -0.329. The third-order valence-corrected chi connectivity index (χ3v) is 7.30. The highest BCUT2D eigenvalue weighted by Crippen LogP contribution is 2.39. The molecule has 35 heavy (non-hydrogen) atoms. The van der Waals surface area contributed by atoms with E-state index >= 15 is 0 Å². The Morgan fingerprint density at radius 3 is 1.91 bits per heavy atom. The van der Waals surface area contributed by atoms with Gasteiger partial charge in [-0.1, -0.05) is 97.9 Å². The number of ether oxygens (including phenoxy) is 5. The zero-order valence-electron chi connectivity index (χ0n) is 19.9. The second-order valence-electron chi connectivity index (χ2n) is 8.70. The first-order chi connectivity index (χ1) is 17.3. The molecule has 0 aromatic heterocycles. The van der Waals surface area contributed by atoms with Crippen LogP contribution in [-0.2, 0) is 36.9 Å². The fourth-order valence-electron chi connectivity index (χ4n) is 4.52. The molecule has 6 atom stereocenters. The van der Waals surface area contributed by atoms with Crippen molar-refractivity contribution in [2.24, 2.45) is 0 Å². The number of benzene rings is 3. The zero-order chi connectivity index (χ0) is 23.9. The van der Waals surface area contributed by atoms with Gasteiger partial charge in [-0.2, -0.15) is 0 Å². The maximum atomic E-state index is 6.60. The van der Waals surface area contributed by atoms with Crippen molar-refractivity contribution in [3.05, 3.63) is 108 Å². The molecule has 0 bridgehead atoms. The Balaban J connectivity index is 1.40. The summed E-state index contributed by atoms with van der Waals surface area (Å²) < 4.78 is 32.2. The summed E-state index contributed by atoms with van der Waals surface area (Å²) in [6.07, 6.45) is -1.60. The smallest absolute Gasteiger partial charge is 0.184 e. The van der Waals surface area contributed by atoms with Gasteiger partial charge in [-0.3, -0.25) is 0 Å². The molecular weight excluding hydrogens is 460 g/mol. The van der Waals surface area contributed by atoms with E-state index < -0.39 is 6.29 Å². The first-order valence-corrected chi connectivity index (χ1v) is 13.3. The topological polar surface area (TPSA) is 46.2 Å². The van der Waals surface area contributed by atoms with Gasteiger partial charge in [0.1, 0.15) is 29.9 Å². The van der Waals surface area contributed by atoms with Crippen molar-refractivity contribution in [3.8, 4) is 0 Å². The molecule has 6 heteroatoms. The minimum Gasteiger partial charge on any atom is -0.368 e. The van der Waals surface area contributed by atoms with Crippen molar-refractivity contribution in [2.45, 2.75) is 56.3 Å². The van der Waals surface area contributed by atoms with Gasteiger partial charge in [0.25, 0.3) is 0 Å². The van der Waals surface area contributed by atoms with Crippen molar-refractivity contribution in [1.82, 2.24) is 0 Å². The molecule has 0 aliphatic carbocycles. The van der Waals surface area contributed by atoms with Crippen LogP contribution in [0.5, 0.6) is 0 Å². The van der Waals surface area contributed by atoms with Crippen molar-refractivity contribution >= 4 is 11.8 Å². The fraction of sp³-hybridized carbons (Fsp3) is 0.379. The Morgan fingerprint density at radius 2 is 1.31 bits per heavy atom. The summed E-state index contributed by atoms with van der Waals surface area (Å²) in [5.41, 5.74) is 3.04. The molecule has 0 spiro atoms. The molecule has 2 heterocycles. The summed E-state index contributed by atoms with van der Waals surface area (Å²) in [5.74, 6) is 0.910. The molecule has 0 radical (unpaired) electrons. The minimum atomic E-state index is -0.464. The molecule has 3 aromatic carbocycles. The average molecular weight is 493 g/mol. The number of hydrogen-bond donors (Lipinski definition) is 0. The van der Waals surface area contributed by atoms with E-state index in [9.17, 15) is 0 Å². The van der Waals surface area contributed by atoms with Crippen LogP contribution < -0.4 is 0 Å². The second kappa shape index (κ2) is 12.2. The van der Waals surface area contributed by atoms with Crippen LogP contribution in [0, 0.1) is 0 Å². The van der Waals surface area contributed by atoms with Gasteiger partial charge in [0, 0.05) is 5.56 Å². The van der Waals surface area contributed by atoms with Crippen LogP contribution in [0.3, 0.4) is 0 Å². The molecule has 3 aromatic rings. The van der Waals surface area contributed by atoms with Crippen LogP contribution in [0.15, 0.2) is 91.0 Å². The summed E-state index contributed by atoms with van der Waals surface area (Å²) in [7, 11) is 0. The lowest BCUT2D eigenvalue weighted by atomic mass is 9.98. The molecule has 2 fully saturated rings. The molecule has 0 unspecified atom stereocenters. The zero-order valence-corrected chi connectivity index (χ0v) is 20.7. The van der Waals surface area contributed by atoms with Crippen molar-refractivity contribution in [1.29, 1.82) is 0 Å². The Labute approximate surface area is 211 Å². The number of rotatable bonds is 9. The first-order valence-electron chi connectivity index (χ1n) is 12.2. The molecule has 2 aliphatic rings. The number of thioether (sulfide) groups is 1. The van der Waals surface area contributed by atoms with Crippen LogP contribution in [0.1, 0.15) is 29.9 Å². The molecule has 0 amide bonds. The highest BCUT2D eigenvalue weighted by atomic mass is 32.2. The van der Waals surface area contributed by atoms with Gasteiger partial charge in [0.05, 0.1) is 19.8 Å². The third kappa shape index (κ3) is 6.15. The van der Waals surface area contributed by atoms with Gasteiger partial charge in [-0.25, -0.2) is 0 Å². The molecule has 2 aliphatic heterocycles. The quantitative estimate of drug-likeness (QED) is 0.379. The largest absolute Gasteiger partial charge is 0.368 e. The summed E-state index contributed by atoms with van der Waals surface area (Å²) in [4.78, 5) is 0. The third-order valence-electron chi connectivity index (χ3n) is 6.26. The van der Waals surface area contributed by atoms with Crippen LogP contribution in [0.4, 0.5) is 0 Å². The molecule has 5 nitrogen and oxygen atoms in total. The van der Waals surface area contributed by atoms with E-state index in [1.165, 1.54) is 0 Å². The molecule has 0 N–H and O–H groups in total. The number of fused-ring (bicyclic) bond motifs is 1. The van der Waals surface area contributed by atoms with Crippen LogP contribution in [-0.4, -0.2) is 42.2 Å². The van der Waals surface area contributed by atoms with Gasteiger partial charge in [0.2, 0.25) is 0 Å². The highest BCUT2D eigenvalue weighted by molar-refractivity contribution is 7.99. The molecule has 0 saturated carbocycles. The monoisotopic (exact) mass is 492 g/mol. The summed E-state index contributed by atoms with van der Waals surface area (Å²) in [5, 5.41) is 0. The van der Waals surface area contributed by atoms with Crippen molar-refractivity contribution in [3.63, 3.8) is 0 Å². The summed E-state index contributed by atoms with van der Waals surface area (Å²) in [6.45, 7) is 3.54. The average Bonchev–Trinajstić information content (AvgIpc) is 2.92. The Hall–Kier alpha value is -2.19. The highest BCUT2D eigenvalue weighted by Gasteiger charge is 2.51. The first kappa shape index (κ1) is 24.5. The Bertz CT molecular complexity index is 1020. The van der Waals surface area contributed by atoms with Crippen molar-refractivity contribution < 1.29 is 23.7 Å². The van der Waals surface area contributed by atoms with Crippen LogP contribution >= 0.6 is 11.8 Å². The van der Waals surface area contributed by atoms with Gasteiger partial charge < -0.3 is 23.7 Å². The van der Waals surface area contributed by atoms with Gasteiger partial charge in [-0.15, -0.1) is 11.8 Å². The lowest BCUT2D eigenvalue weighted by Gasteiger charge is -2.49. The maximum Gasteiger partial charge on any atom is 0.184 e. The van der Waals surface area contributed by atoms with E-state index in [4.69, 9.17) is 23.7 Å². The predicted molar refractivity (Wildman–Crippen MR) is 137 cm³/mol. The molecule has 5 rings (SSSR count). The molecular formula is C29H32O5S. The van der Waals surface area contributed by atoms with Crippen LogP contribution in [0.2, 0.25) is 0 Å². The second-order valence-corrected chi connectivity index (χ2v) is 10.1. The number of hydrogen-bond acceptors (Lipinski definition) is 6. The van der Waals surface area contributed by atoms with E-state index in [1.54, 1.807) is 11.8 Å². The van der Waals surface area contributed by atoms with E-state index in [0.717, 1.165) is 22.4 Å². The lowest BCUT2D eigenvalue weighted by Crippen LogP contribution is -2.62.